The van der Waals surface area contributed by atoms with E-state index in [1.807, 2.05) is 0 Å². The number of aliphatic carboxylic acids is 1. The van der Waals surface area contributed by atoms with Crippen LogP contribution >= 0.6 is 0 Å². The van der Waals surface area contributed by atoms with E-state index in [0.29, 0.717) is 44.4 Å². The van der Waals surface area contributed by atoms with Crippen molar-refractivity contribution in [3.05, 3.63) is 35.6 Å². The normalized spacial score (nSPS) is 20.8. The second-order valence-corrected chi connectivity index (χ2v) is 6.34. The number of aryl methyl sites for hydroxylation is 1. The number of piperidine rings is 1. The molecule has 1 heterocycles. The van der Waals surface area contributed by atoms with Crippen LogP contribution in [0.4, 0.5) is 4.39 Å². The maximum atomic E-state index is 13.6. The average Bonchev–Trinajstić information content (AvgIpc) is 2.59. The van der Waals surface area contributed by atoms with Gasteiger partial charge in [-0.05, 0) is 37.3 Å². The van der Waals surface area contributed by atoms with Gasteiger partial charge >= 0.3 is 5.97 Å². The predicted octanol–water partition coefficient (Wildman–Crippen LogP) is 2.49. The van der Waals surface area contributed by atoms with Gasteiger partial charge in [0.25, 0.3) is 0 Å². The summed E-state index contributed by atoms with van der Waals surface area (Å²) in [6.45, 7) is 1.10. The highest BCUT2D eigenvalue weighted by Gasteiger charge is 2.43. The first-order valence-electron chi connectivity index (χ1n) is 8.22. The number of carboxylic acid groups (broad SMARTS) is 1. The van der Waals surface area contributed by atoms with Crippen LogP contribution in [0.5, 0.6) is 0 Å². The summed E-state index contributed by atoms with van der Waals surface area (Å²) in [6.07, 6.45) is 2.08. The molecule has 24 heavy (non-hydrogen) atoms. The number of ether oxygens (including phenoxy) is 1. The van der Waals surface area contributed by atoms with Crippen molar-refractivity contribution >= 4 is 11.9 Å². The molecule has 1 N–H and O–H groups in total. The summed E-state index contributed by atoms with van der Waals surface area (Å²) < 4.78 is 18.7. The third-order valence-electron chi connectivity index (χ3n) is 4.73. The minimum absolute atomic E-state index is 0.124. The Morgan fingerprint density at radius 2 is 2.12 bits per heavy atom. The number of carbonyl (C=O) groups excluding carboxylic acids is 1. The zero-order valence-electron chi connectivity index (χ0n) is 14.0. The standard InChI is InChI=1S/C18H24FNO4/c1-24-12-10-18(17(22)23)9-4-11-20(13-18)16(21)8-7-14-5-2-3-6-15(14)19/h2-3,5-6H,4,7-13H2,1H3,(H,22,23). The molecule has 0 radical (unpaired) electrons. The largest absolute Gasteiger partial charge is 0.481 e. The summed E-state index contributed by atoms with van der Waals surface area (Å²) in [5.41, 5.74) is -0.436. The first kappa shape index (κ1) is 18.4. The van der Waals surface area contributed by atoms with Crippen LogP contribution in [0.3, 0.4) is 0 Å². The molecule has 0 saturated carbocycles. The zero-order valence-corrected chi connectivity index (χ0v) is 14.0. The molecular formula is C18H24FNO4. The molecule has 0 bridgehead atoms. The SMILES string of the molecule is COCCC1(C(=O)O)CCCN(C(=O)CCc2ccccc2F)C1. The molecule has 1 amide bonds. The van der Waals surface area contributed by atoms with E-state index in [2.05, 4.69) is 0 Å². The molecule has 0 aromatic heterocycles. The molecule has 0 aliphatic carbocycles. The molecule has 0 spiro atoms. The van der Waals surface area contributed by atoms with E-state index in [-0.39, 0.29) is 24.7 Å². The van der Waals surface area contributed by atoms with Crippen molar-refractivity contribution in [2.45, 2.75) is 32.1 Å². The van der Waals surface area contributed by atoms with Crippen molar-refractivity contribution in [1.29, 1.82) is 0 Å². The molecule has 1 aromatic rings. The van der Waals surface area contributed by atoms with Gasteiger partial charge in [-0.1, -0.05) is 18.2 Å². The van der Waals surface area contributed by atoms with Gasteiger partial charge in [-0.3, -0.25) is 9.59 Å². The third kappa shape index (κ3) is 4.32. The molecule has 1 saturated heterocycles. The highest BCUT2D eigenvalue weighted by atomic mass is 19.1. The number of amides is 1. The average molecular weight is 337 g/mol. The van der Waals surface area contributed by atoms with Crippen LogP contribution in [0.15, 0.2) is 24.3 Å². The summed E-state index contributed by atoms with van der Waals surface area (Å²) >= 11 is 0. The minimum Gasteiger partial charge on any atom is -0.481 e. The number of halogens is 1. The van der Waals surface area contributed by atoms with E-state index in [4.69, 9.17) is 4.74 Å². The fourth-order valence-corrected chi connectivity index (χ4v) is 3.23. The van der Waals surface area contributed by atoms with E-state index < -0.39 is 11.4 Å². The van der Waals surface area contributed by atoms with Gasteiger partial charge in [-0.25, -0.2) is 4.39 Å². The van der Waals surface area contributed by atoms with Crippen molar-refractivity contribution in [2.75, 3.05) is 26.8 Å². The van der Waals surface area contributed by atoms with Gasteiger partial charge < -0.3 is 14.7 Å². The Kier molecular flexibility index (Phi) is 6.31. The maximum Gasteiger partial charge on any atom is 0.311 e. The smallest absolute Gasteiger partial charge is 0.311 e. The Bertz CT molecular complexity index is 592. The van der Waals surface area contributed by atoms with E-state index in [1.165, 1.54) is 13.2 Å². The second-order valence-electron chi connectivity index (χ2n) is 6.34. The zero-order chi connectivity index (χ0) is 17.6. The van der Waals surface area contributed by atoms with Gasteiger partial charge in [0, 0.05) is 33.2 Å². The summed E-state index contributed by atoms with van der Waals surface area (Å²) in [5, 5.41) is 9.62. The van der Waals surface area contributed by atoms with Crippen molar-refractivity contribution in [1.82, 2.24) is 4.90 Å². The molecule has 5 nitrogen and oxygen atoms in total. The van der Waals surface area contributed by atoms with E-state index in [1.54, 1.807) is 23.1 Å². The van der Waals surface area contributed by atoms with Crippen molar-refractivity contribution in [3.8, 4) is 0 Å². The van der Waals surface area contributed by atoms with Crippen LogP contribution in [0.25, 0.3) is 0 Å². The molecule has 1 unspecified atom stereocenters. The Labute approximate surface area is 141 Å². The summed E-state index contributed by atoms with van der Waals surface area (Å²) in [6, 6.07) is 6.39. The molecule has 1 aromatic carbocycles. The van der Waals surface area contributed by atoms with Gasteiger partial charge in [0.15, 0.2) is 0 Å². The lowest BCUT2D eigenvalue weighted by molar-refractivity contribution is -0.156. The van der Waals surface area contributed by atoms with Crippen molar-refractivity contribution in [2.24, 2.45) is 5.41 Å². The summed E-state index contributed by atoms with van der Waals surface area (Å²) in [5.74, 6) is -1.32. The fraction of sp³-hybridized carbons (Fsp3) is 0.556. The lowest BCUT2D eigenvalue weighted by Crippen LogP contribution is -2.50. The Balaban J connectivity index is 1.98. The van der Waals surface area contributed by atoms with Gasteiger partial charge in [-0.15, -0.1) is 0 Å². The number of benzene rings is 1. The number of rotatable bonds is 7. The third-order valence-corrected chi connectivity index (χ3v) is 4.73. The topological polar surface area (TPSA) is 66.8 Å². The number of carbonyl (C=O) groups is 2. The molecular weight excluding hydrogens is 313 g/mol. The number of nitrogens with zero attached hydrogens (tertiary/aromatic N) is 1. The molecule has 1 fully saturated rings. The van der Waals surface area contributed by atoms with Crippen molar-refractivity contribution < 1.29 is 23.8 Å². The number of likely N-dealkylation sites (tertiary alicyclic amines) is 1. The fourth-order valence-electron chi connectivity index (χ4n) is 3.23. The Hall–Kier alpha value is -1.95. The number of carboxylic acids is 1. The summed E-state index contributed by atoms with van der Waals surface area (Å²) in [4.78, 5) is 25.8. The van der Waals surface area contributed by atoms with Crippen LogP contribution in [-0.4, -0.2) is 48.7 Å². The molecule has 1 aliphatic heterocycles. The van der Waals surface area contributed by atoms with E-state index in [9.17, 15) is 19.1 Å². The van der Waals surface area contributed by atoms with Crippen LogP contribution in [0.1, 0.15) is 31.2 Å². The monoisotopic (exact) mass is 337 g/mol. The molecule has 2 rings (SSSR count). The minimum atomic E-state index is -0.943. The molecule has 6 heteroatoms. The molecule has 1 aliphatic rings. The van der Waals surface area contributed by atoms with Gasteiger partial charge in [-0.2, -0.15) is 0 Å². The highest BCUT2D eigenvalue weighted by Crippen LogP contribution is 2.34. The number of hydrogen-bond donors (Lipinski definition) is 1. The number of hydrogen-bond acceptors (Lipinski definition) is 3. The lowest BCUT2D eigenvalue weighted by Gasteiger charge is -2.40. The van der Waals surface area contributed by atoms with Crippen LogP contribution in [-0.2, 0) is 20.7 Å². The first-order valence-corrected chi connectivity index (χ1v) is 8.22. The molecule has 1 atom stereocenters. The van der Waals surface area contributed by atoms with Crippen molar-refractivity contribution in [3.63, 3.8) is 0 Å². The second kappa shape index (κ2) is 8.24. The van der Waals surface area contributed by atoms with Gasteiger partial charge in [0.05, 0.1) is 5.41 Å². The van der Waals surface area contributed by atoms with Gasteiger partial charge in [0.2, 0.25) is 5.91 Å². The van der Waals surface area contributed by atoms with Crippen LogP contribution in [0, 0.1) is 11.2 Å². The van der Waals surface area contributed by atoms with E-state index >= 15 is 0 Å². The Morgan fingerprint density at radius 3 is 2.79 bits per heavy atom. The Morgan fingerprint density at radius 1 is 1.38 bits per heavy atom. The lowest BCUT2D eigenvalue weighted by atomic mass is 9.77. The van der Waals surface area contributed by atoms with E-state index in [0.717, 1.165) is 0 Å². The maximum absolute atomic E-state index is 13.6. The highest BCUT2D eigenvalue weighted by molar-refractivity contribution is 5.80. The predicted molar refractivity (Wildman–Crippen MR) is 87.1 cm³/mol. The molecule has 132 valence electrons. The van der Waals surface area contributed by atoms with Crippen LogP contribution in [0.2, 0.25) is 0 Å². The first-order chi connectivity index (χ1) is 11.5. The summed E-state index contributed by atoms with van der Waals surface area (Å²) in [7, 11) is 1.54. The van der Waals surface area contributed by atoms with Gasteiger partial charge in [0.1, 0.15) is 5.82 Å². The number of methoxy groups -OCH3 is 1. The van der Waals surface area contributed by atoms with Crippen LogP contribution < -0.4 is 0 Å². The quantitative estimate of drug-likeness (QED) is 0.830.